The van der Waals surface area contributed by atoms with Gasteiger partial charge in [-0.3, -0.25) is 9.48 Å². The van der Waals surface area contributed by atoms with Gasteiger partial charge in [0.15, 0.2) is 0 Å². The zero-order valence-electron chi connectivity index (χ0n) is 15.6. The van der Waals surface area contributed by atoms with Crippen LogP contribution in [-0.2, 0) is 7.05 Å². The first-order valence-corrected chi connectivity index (χ1v) is 9.99. The van der Waals surface area contributed by atoms with Gasteiger partial charge in [0.1, 0.15) is 17.0 Å². The second kappa shape index (κ2) is 7.03. The highest BCUT2D eigenvalue weighted by atomic mass is 32.1. The second-order valence-corrected chi connectivity index (χ2v) is 7.56. The van der Waals surface area contributed by atoms with Crippen LogP contribution in [-0.4, -0.2) is 25.1 Å². The van der Waals surface area contributed by atoms with Crippen molar-refractivity contribution in [2.24, 2.45) is 7.05 Å². The first-order chi connectivity index (χ1) is 14.2. The van der Waals surface area contributed by atoms with Gasteiger partial charge < -0.3 is 9.72 Å². The van der Waals surface area contributed by atoms with E-state index in [4.69, 9.17) is 0 Å². The van der Waals surface area contributed by atoms with Crippen molar-refractivity contribution < 1.29 is 4.79 Å². The van der Waals surface area contributed by atoms with Crippen molar-refractivity contribution in [1.29, 1.82) is 0 Å². The average Bonchev–Trinajstić information content (AvgIpc) is 3.47. The fourth-order valence-electron chi connectivity index (χ4n) is 3.29. The molecule has 142 valence electrons. The van der Waals surface area contributed by atoms with E-state index >= 15 is 0 Å². The largest absolute Gasteiger partial charge is 0.320 e. The zero-order chi connectivity index (χ0) is 19.8. The summed E-state index contributed by atoms with van der Waals surface area (Å²) in [5.41, 5.74) is 4.52. The molecular weight excluding hydrogens is 382 g/mol. The van der Waals surface area contributed by atoms with Gasteiger partial charge in [-0.05, 0) is 35.7 Å². The quantitative estimate of drug-likeness (QED) is 0.476. The number of nitrogens with zero attached hydrogens (tertiary/aromatic N) is 4. The van der Waals surface area contributed by atoms with Crippen LogP contribution in [0.4, 0.5) is 5.69 Å². The van der Waals surface area contributed by atoms with Crippen LogP contribution in [0, 0.1) is 0 Å². The van der Waals surface area contributed by atoms with Crippen molar-refractivity contribution in [2.75, 3.05) is 5.32 Å². The molecule has 0 fully saturated rings. The number of anilines is 1. The van der Waals surface area contributed by atoms with Crippen LogP contribution in [0.3, 0.4) is 0 Å². The van der Waals surface area contributed by atoms with E-state index in [0.29, 0.717) is 11.4 Å². The van der Waals surface area contributed by atoms with E-state index in [2.05, 4.69) is 15.4 Å². The van der Waals surface area contributed by atoms with Crippen molar-refractivity contribution in [3.8, 4) is 21.8 Å². The Morgan fingerprint density at radius 1 is 1.03 bits per heavy atom. The fourth-order valence-corrected chi connectivity index (χ4v) is 3.97. The number of rotatable bonds is 4. The summed E-state index contributed by atoms with van der Waals surface area (Å²) in [6.07, 6.45) is 3.91. The number of para-hydroxylation sites is 1. The van der Waals surface area contributed by atoms with Gasteiger partial charge in [-0.2, -0.15) is 5.10 Å². The topological polar surface area (TPSA) is 64.2 Å². The van der Waals surface area contributed by atoms with Gasteiger partial charge in [0.2, 0.25) is 0 Å². The van der Waals surface area contributed by atoms with Gasteiger partial charge in [0, 0.05) is 25.0 Å². The Labute approximate surface area is 171 Å². The van der Waals surface area contributed by atoms with Gasteiger partial charge in [-0.25, -0.2) is 4.98 Å². The van der Waals surface area contributed by atoms with Crippen molar-refractivity contribution in [2.45, 2.75) is 0 Å². The Morgan fingerprint density at radius 3 is 2.72 bits per heavy atom. The zero-order valence-corrected chi connectivity index (χ0v) is 16.4. The number of thiophene rings is 1. The lowest BCUT2D eigenvalue weighted by Gasteiger charge is -2.09. The molecule has 7 heteroatoms. The van der Waals surface area contributed by atoms with E-state index in [-0.39, 0.29) is 5.91 Å². The van der Waals surface area contributed by atoms with Gasteiger partial charge in [0.25, 0.3) is 5.91 Å². The standard InChI is InChI=1S/C22H17N5OS/c1-26-19(13-17(25-26)20-9-6-12-29-20)22(28)24-16-8-3-2-7-15(16)18-14-27-11-5-4-10-21(27)23-18/h2-14H,1H3,(H,24,28). The number of amides is 1. The highest BCUT2D eigenvalue weighted by molar-refractivity contribution is 7.13. The number of hydrogen-bond acceptors (Lipinski definition) is 4. The molecule has 6 nitrogen and oxygen atoms in total. The summed E-state index contributed by atoms with van der Waals surface area (Å²) in [6, 6.07) is 19.3. The SMILES string of the molecule is Cn1nc(-c2cccs2)cc1C(=O)Nc1ccccc1-c1cn2ccccc2n1. The molecule has 0 spiro atoms. The highest BCUT2D eigenvalue weighted by Gasteiger charge is 2.17. The molecule has 0 aliphatic rings. The molecule has 1 N–H and O–H groups in total. The molecule has 5 rings (SSSR count). The van der Waals surface area contributed by atoms with Crippen LogP contribution in [0.1, 0.15) is 10.5 Å². The minimum atomic E-state index is -0.209. The summed E-state index contributed by atoms with van der Waals surface area (Å²) < 4.78 is 3.57. The maximum atomic E-state index is 13.0. The third kappa shape index (κ3) is 3.21. The number of imidazole rings is 1. The van der Waals surface area contributed by atoms with Crippen LogP contribution in [0.5, 0.6) is 0 Å². The Balaban J connectivity index is 1.48. The fraction of sp³-hybridized carbons (Fsp3) is 0.0455. The van der Waals surface area contributed by atoms with Crippen LogP contribution in [0.25, 0.3) is 27.5 Å². The lowest BCUT2D eigenvalue weighted by atomic mass is 10.1. The van der Waals surface area contributed by atoms with E-state index < -0.39 is 0 Å². The minimum absolute atomic E-state index is 0.209. The molecule has 0 atom stereocenters. The third-order valence-corrected chi connectivity index (χ3v) is 5.59. The molecule has 0 saturated carbocycles. The molecule has 29 heavy (non-hydrogen) atoms. The third-order valence-electron chi connectivity index (χ3n) is 4.70. The predicted octanol–water partition coefficient (Wildman–Crippen LogP) is 4.72. The van der Waals surface area contributed by atoms with E-state index in [0.717, 1.165) is 27.5 Å². The summed E-state index contributed by atoms with van der Waals surface area (Å²) in [5, 5.41) is 9.49. The Bertz CT molecular complexity index is 1280. The number of aryl methyl sites for hydroxylation is 1. The lowest BCUT2D eigenvalue weighted by Crippen LogP contribution is -2.16. The molecule has 1 aromatic carbocycles. The summed E-state index contributed by atoms with van der Waals surface area (Å²) in [4.78, 5) is 18.7. The molecule has 0 aliphatic heterocycles. The van der Waals surface area contributed by atoms with E-state index in [9.17, 15) is 4.79 Å². The minimum Gasteiger partial charge on any atom is -0.320 e. The van der Waals surface area contributed by atoms with Gasteiger partial charge in [-0.15, -0.1) is 11.3 Å². The molecule has 5 aromatic rings. The average molecular weight is 399 g/mol. The highest BCUT2D eigenvalue weighted by Crippen LogP contribution is 2.29. The Morgan fingerprint density at radius 2 is 1.90 bits per heavy atom. The Hall–Kier alpha value is -3.71. The Kier molecular flexibility index (Phi) is 4.22. The first kappa shape index (κ1) is 17.4. The smallest absolute Gasteiger partial charge is 0.273 e. The molecular formula is C22H17N5OS. The maximum Gasteiger partial charge on any atom is 0.273 e. The number of aromatic nitrogens is 4. The molecule has 0 bridgehead atoms. The number of benzene rings is 1. The summed E-state index contributed by atoms with van der Waals surface area (Å²) in [6.45, 7) is 0. The van der Waals surface area contributed by atoms with Gasteiger partial charge >= 0.3 is 0 Å². The number of nitrogens with one attached hydrogen (secondary N) is 1. The second-order valence-electron chi connectivity index (χ2n) is 6.61. The molecule has 0 unspecified atom stereocenters. The van der Waals surface area contributed by atoms with Gasteiger partial charge in [0.05, 0.1) is 16.3 Å². The van der Waals surface area contributed by atoms with E-state index in [1.165, 1.54) is 0 Å². The monoisotopic (exact) mass is 399 g/mol. The van der Waals surface area contributed by atoms with Crippen LogP contribution in [0.15, 0.2) is 78.4 Å². The lowest BCUT2D eigenvalue weighted by molar-refractivity contribution is 0.101. The molecule has 1 amide bonds. The normalized spacial score (nSPS) is 11.1. The number of fused-ring (bicyclic) bond motifs is 1. The molecule has 4 aromatic heterocycles. The summed E-state index contributed by atoms with van der Waals surface area (Å²) in [7, 11) is 1.78. The van der Waals surface area contributed by atoms with Crippen LogP contribution >= 0.6 is 11.3 Å². The number of carbonyl (C=O) groups excluding carboxylic acids is 1. The molecule has 0 radical (unpaired) electrons. The number of carbonyl (C=O) groups is 1. The first-order valence-electron chi connectivity index (χ1n) is 9.11. The van der Waals surface area contributed by atoms with Gasteiger partial charge in [-0.1, -0.05) is 30.3 Å². The van der Waals surface area contributed by atoms with Crippen molar-refractivity contribution in [1.82, 2.24) is 19.2 Å². The molecule has 4 heterocycles. The number of hydrogen-bond donors (Lipinski definition) is 1. The summed E-state index contributed by atoms with van der Waals surface area (Å²) in [5.74, 6) is -0.209. The maximum absolute atomic E-state index is 13.0. The van der Waals surface area contributed by atoms with E-state index in [1.54, 1.807) is 23.1 Å². The molecule has 0 saturated heterocycles. The van der Waals surface area contributed by atoms with E-state index in [1.807, 2.05) is 82.8 Å². The van der Waals surface area contributed by atoms with Crippen LogP contribution in [0.2, 0.25) is 0 Å². The molecule has 0 aliphatic carbocycles. The summed E-state index contributed by atoms with van der Waals surface area (Å²) >= 11 is 1.60. The van der Waals surface area contributed by atoms with Crippen LogP contribution < -0.4 is 5.32 Å². The van der Waals surface area contributed by atoms with Crippen molar-refractivity contribution in [3.05, 3.63) is 84.1 Å². The van der Waals surface area contributed by atoms with Crippen molar-refractivity contribution >= 4 is 28.6 Å². The number of pyridine rings is 1. The van der Waals surface area contributed by atoms with Crippen molar-refractivity contribution in [3.63, 3.8) is 0 Å². The predicted molar refractivity (Wildman–Crippen MR) is 115 cm³/mol.